The molecule has 1 aliphatic heterocycles. The third-order valence-corrected chi connectivity index (χ3v) is 6.78. The second kappa shape index (κ2) is 7.32. The number of aryl methyl sites for hydroxylation is 1. The molecule has 0 saturated heterocycles. The number of hydrogen-bond donors (Lipinski definition) is 0. The van der Waals surface area contributed by atoms with Gasteiger partial charge >= 0.3 is 0 Å². The summed E-state index contributed by atoms with van der Waals surface area (Å²) in [7, 11) is 0. The van der Waals surface area contributed by atoms with Crippen molar-refractivity contribution in [2.75, 3.05) is 0 Å². The molecule has 0 fully saturated rings. The number of fused-ring (bicyclic) bond motifs is 3. The lowest BCUT2D eigenvalue weighted by Gasteiger charge is -2.22. The van der Waals surface area contributed by atoms with E-state index in [1.165, 1.54) is 27.5 Å². The average molecular weight is 439 g/mol. The van der Waals surface area contributed by atoms with Gasteiger partial charge in [0.1, 0.15) is 17.3 Å². The van der Waals surface area contributed by atoms with E-state index in [9.17, 15) is 0 Å². The lowest BCUT2D eigenvalue weighted by atomic mass is 9.90. The van der Waals surface area contributed by atoms with Crippen molar-refractivity contribution in [2.45, 2.75) is 13.3 Å². The predicted octanol–water partition coefficient (Wildman–Crippen LogP) is 8.18. The van der Waals surface area contributed by atoms with Crippen molar-refractivity contribution < 1.29 is 4.74 Å². The van der Waals surface area contributed by atoms with Gasteiger partial charge in [-0.3, -0.25) is 4.57 Å². The Balaban J connectivity index is 1.38. The molecule has 3 nitrogen and oxygen atoms in total. The quantitative estimate of drug-likeness (QED) is 0.278. The molecule has 0 N–H and O–H groups in total. The fourth-order valence-corrected chi connectivity index (χ4v) is 5.22. The number of ether oxygens (including phenoxy) is 1. The van der Waals surface area contributed by atoms with Crippen molar-refractivity contribution >= 4 is 21.8 Å². The summed E-state index contributed by atoms with van der Waals surface area (Å²) in [4.78, 5) is 4.83. The number of imidazole rings is 1. The zero-order valence-electron chi connectivity index (χ0n) is 18.8. The van der Waals surface area contributed by atoms with Crippen LogP contribution in [0.5, 0.6) is 11.5 Å². The van der Waals surface area contributed by atoms with E-state index < -0.39 is 0 Å². The number of para-hydroxylation sites is 3. The van der Waals surface area contributed by atoms with Crippen molar-refractivity contribution in [1.29, 1.82) is 0 Å². The Morgan fingerprint density at radius 2 is 1.47 bits per heavy atom. The van der Waals surface area contributed by atoms with E-state index in [0.29, 0.717) is 0 Å². The van der Waals surface area contributed by atoms with Crippen molar-refractivity contribution in [3.63, 3.8) is 0 Å². The lowest BCUT2D eigenvalue weighted by molar-refractivity contribution is 0.487. The van der Waals surface area contributed by atoms with Gasteiger partial charge in [0.15, 0.2) is 0 Å². The summed E-state index contributed by atoms with van der Waals surface area (Å²) in [6.07, 6.45) is 0.882. The Morgan fingerprint density at radius 1 is 0.676 bits per heavy atom. The van der Waals surface area contributed by atoms with Gasteiger partial charge in [-0.25, -0.2) is 4.98 Å². The van der Waals surface area contributed by atoms with Gasteiger partial charge in [-0.15, -0.1) is 0 Å². The van der Waals surface area contributed by atoms with Gasteiger partial charge in [0, 0.05) is 23.1 Å². The fourth-order valence-electron chi connectivity index (χ4n) is 5.22. The minimum Gasteiger partial charge on any atom is -0.456 e. The van der Waals surface area contributed by atoms with Crippen LogP contribution in [0.25, 0.3) is 49.7 Å². The monoisotopic (exact) mass is 438 g/mol. The molecule has 0 aliphatic carbocycles. The van der Waals surface area contributed by atoms with Crippen LogP contribution >= 0.6 is 0 Å². The molecule has 0 radical (unpaired) electrons. The molecule has 162 valence electrons. The van der Waals surface area contributed by atoms with Gasteiger partial charge in [-0.1, -0.05) is 73.7 Å². The van der Waals surface area contributed by atoms with Crippen LogP contribution in [0.1, 0.15) is 12.7 Å². The Labute approximate surface area is 197 Å². The normalized spacial score (nSPS) is 12.0. The molecule has 1 aliphatic rings. The maximum atomic E-state index is 6.26. The van der Waals surface area contributed by atoms with E-state index >= 15 is 0 Å². The third kappa shape index (κ3) is 2.74. The molecule has 0 unspecified atom stereocenters. The van der Waals surface area contributed by atoms with Gasteiger partial charge in [0.05, 0.1) is 11.0 Å². The van der Waals surface area contributed by atoms with E-state index in [1.807, 2.05) is 18.2 Å². The standard InChI is InChI=1S/C31H22N2O/c1-2-30-32-26-11-4-5-12-27(26)33(30)21-16-14-20(15-17-21)22-18-19-29-31-24(22)9-7-10-25(31)23-8-3-6-13-28(23)34-29/h3-19H,2H2,1H3. The fraction of sp³-hybridized carbons (Fsp3) is 0.0645. The highest BCUT2D eigenvalue weighted by Gasteiger charge is 2.21. The Bertz CT molecular complexity index is 1710. The Morgan fingerprint density at radius 3 is 2.35 bits per heavy atom. The van der Waals surface area contributed by atoms with Crippen LogP contribution in [0.15, 0.2) is 103 Å². The van der Waals surface area contributed by atoms with E-state index in [0.717, 1.165) is 46.0 Å². The van der Waals surface area contributed by atoms with Crippen LogP contribution in [0, 0.1) is 0 Å². The van der Waals surface area contributed by atoms with Gasteiger partial charge in [0.2, 0.25) is 0 Å². The Kier molecular flexibility index (Phi) is 4.12. The van der Waals surface area contributed by atoms with E-state index in [-0.39, 0.29) is 0 Å². The molecule has 2 heterocycles. The average Bonchev–Trinajstić information content (AvgIpc) is 3.28. The molecule has 34 heavy (non-hydrogen) atoms. The summed E-state index contributed by atoms with van der Waals surface area (Å²) >= 11 is 0. The van der Waals surface area contributed by atoms with Crippen LogP contribution < -0.4 is 4.74 Å². The Hall–Kier alpha value is -4.37. The number of aromatic nitrogens is 2. The predicted molar refractivity (Wildman–Crippen MR) is 139 cm³/mol. The number of hydrogen-bond acceptors (Lipinski definition) is 2. The third-order valence-electron chi connectivity index (χ3n) is 6.78. The molecule has 5 aromatic carbocycles. The number of benzene rings is 5. The number of nitrogens with zero attached hydrogens (tertiary/aromatic N) is 2. The van der Waals surface area contributed by atoms with E-state index in [2.05, 4.69) is 96.4 Å². The van der Waals surface area contributed by atoms with Gasteiger partial charge in [-0.05, 0) is 58.5 Å². The smallest absolute Gasteiger partial charge is 0.135 e. The summed E-state index contributed by atoms with van der Waals surface area (Å²) in [6, 6.07) is 36.2. The minimum absolute atomic E-state index is 0.882. The zero-order chi connectivity index (χ0) is 22.6. The highest BCUT2D eigenvalue weighted by atomic mass is 16.5. The van der Waals surface area contributed by atoms with Gasteiger partial charge in [-0.2, -0.15) is 0 Å². The largest absolute Gasteiger partial charge is 0.456 e. The molecular weight excluding hydrogens is 416 g/mol. The topological polar surface area (TPSA) is 27.1 Å². The summed E-state index contributed by atoms with van der Waals surface area (Å²) in [6.45, 7) is 2.15. The first-order valence-electron chi connectivity index (χ1n) is 11.7. The van der Waals surface area contributed by atoms with Crippen LogP contribution in [-0.4, -0.2) is 9.55 Å². The maximum absolute atomic E-state index is 6.26. The summed E-state index contributed by atoms with van der Waals surface area (Å²) in [5.74, 6) is 2.91. The van der Waals surface area contributed by atoms with Crippen LogP contribution in [0.2, 0.25) is 0 Å². The summed E-state index contributed by atoms with van der Waals surface area (Å²) in [5, 5.41) is 2.39. The molecule has 1 aromatic heterocycles. The van der Waals surface area contributed by atoms with Crippen LogP contribution in [-0.2, 0) is 6.42 Å². The molecular formula is C31H22N2O. The SMILES string of the molecule is CCc1nc2ccccc2n1-c1ccc(-c2ccc3c4c(cccc24)-c2ccccc2O3)cc1. The molecule has 7 rings (SSSR count). The molecule has 0 atom stereocenters. The summed E-state index contributed by atoms with van der Waals surface area (Å²) in [5.41, 5.74) is 8.08. The lowest BCUT2D eigenvalue weighted by Crippen LogP contribution is -2.00. The van der Waals surface area contributed by atoms with Crippen LogP contribution in [0.3, 0.4) is 0 Å². The highest BCUT2D eigenvalue weighted by molar-refractivity contribution is 6.09. The molecule has 0 bridgehead atoms. The molecule has 0 saturated carbocycles. The molecule has 6 aromatic rings. The molecule has 0 amide bonds. The van der Waals surface area contributed by atoms with Crippen molar-refractivity contribution in [2.24, 2.45) is 0 Å². The van der Waals surface area contributed by atoms with Crippen LogP contribution in [0.4, 0.5) is 0 Å². The molecule has 3 heteroatoms. The van der Waals surface area contributed by atoms with Crippen molar-refractivity contribution in [1.82, 2.24) is 9.55 Å². The summed E-state index contributed by atoms with van der Waals surface area (Å²) < 4.78 is 8.53. The first kappa shape index (κ1) is 19.1. The number of rotatable bonds is 3. The second-order valence-electron chi connectivity index (χ2n) is 8.69. The highest BCUT2D eigenvalue weighted by Crippen LogP contribution is 2.48. The second-order valence-corrected chi connectivity index (χ2v) is 8.69. The first-order chi connectivity index (χ1) is 16.8. The maximum Gasteiger partial charge on any atom is 0.135 e. The van der Waals surface area contributed by atoms with Crippen molar-refractivity contribution in [3.8, 4) is 39.4 Å². The minimum atomic E-state index is 0.882. The van der Waals surface area contributed by atoms with E-state index in [4.69, 9.17) is 9.72 Å². The van der Waals surface area contributed by atoms with Gasteiger partial charge in [0.25, 0.3) is 0 Å². The van der Waals surface area contributed by atoms with Crippen molar-refractivity contribution in [3.05, 3.63) is 109 Å². The van der Waals surface area contributed by atoms with Gasteiger partial charge < -0.3 is 4.74 Å². The van der Waals surface area contributed by atoms with E-state index in [1.54, 1.807) is 0 Å². The zero-order valence-corrected chi connectivity index (χ0v) is 18.8. The molecule has 0 spiro atoms. The first-order valence-corrected chi connectivity index (χ1v) is 11.7.